The maximum atomic E-state index is 13.4. The maximum absolute atomic E-state index is 13.4. The van der Waals surface area contributed by atoms with E-state index in [2.05, 4.69) is 15.6 Å². The fourth-order valence-corrected chi connectivity index (χ4v) is 4.79. The van der Waals surface area contributed by atoms with Gasteiger partial charge in [-0.05, 0) is 54.4 Å². The van der Waals surface area contributed by atoms with Gasteiger partial charge in [0.05, 0.1) is 24.7 Å². The van der Waals surface area contributed by atoms with Gasteiger partial charge in [0.2, 0.25) is 5.91 Å². The van der Waals surface area contributed by atoms with Crippen LogP contribution in [0, 0.1) is 5.82 Å². The van der Waals surface area contributed by atoms with Gasteiger partial charge in [-0.3, -0.25) is 14.6 Å². The highest BCUT2D eigenvalue weighted by atomic mass is 19.1. The Balaban J connectivity index is 1.26. The van der Waals surface area contributed by atoms with Gasteiger partial charge in [-0.25, -0.2) is 4.39 Å². The SMILES string of the molecule is O=C(C[C@H]1C[C@H]2c3cc(NC(=O)c4cccnc4)ccc3O[C@H]2[C@H](CO)O1)NCc1cccc(F)c1. The molecule has 9 heteroatoms. The van der Waals surface area contributed by atoms with Gasteiger partial charge in [0.25, 0.3) is 5.91 Å². The smallest absolute Gasteiger partial charge is 0.257 e. The van der Waals surface area contributed by atoms with Crippen LogP contribution in [-0.4, -0.2) is 46.8 Å². The summed E-state index contributed by atoms with van der Waals surface area (Å²) in [6.07, 6.45) is 2.30. The Morgan fingerprint density at radius 1 is 1.14 bits per heavy atom. The van der Waals surface area contributed by atoms with E-state index in [0.717, 1.165) is 5.56 Å². The Morgan fingerprint density at radius 3 is 2.81 bits per heavy atom. The van der Waals surface area contributed by atoms with E-state index in [-0.39, 0.29) is 49.2 Å². The molecule has 3 aromatic rings. The monoisotopic (exact) mass is 491 g/mol. The zero-order chi connectivity index (χ0) is 25.1. The lowest BCUT2D eigenvalue weighted by molar-refractivity contribution is -0.142. The lowest BCUT2D eigenvalue weighted by Crippen LogP contribution is -2.47. The van der Waals surface area contributed by atoms with E-state index < -0.39 is 12.2 Å². The fraction of sp³-hybridized carbons (Fsp3) is 0.296. The molecule has 36 heavy (non-hydrogen) atoms. The van der Waals surface area contributed by atoms with Gasteiger partial charge in [0.15, 0.2) is 0 Å². The summed E-state index contributed by atoms with van der Waals surface area (Å²) in [6, 6.07) is 14.9. The number of halogens is 1. The fourth-order valence-electron chi connectivity index (χ4n) is 4.79. The van der Waals surface area contributed by atoms with Gasteiger partial charge in [0.1, 0.15) is 23.8 Å². The molecule has 5 rings (SSSR count). The van der Waals surface area contributed by atoms with E-state index in [0.29, 0.717) is 29.0 Å². The third-order valence-corrected chi connectivity index (χ3v) is 6.47. The molecular weight excluding hydrogens is 465 g/mol. The number of rotatable bonds is 7. The normalized spacial score (nSPS) is 22.2. The van der Waals surface area contributed by atoms with Crippen molar-refractivity contribution in [3.8, 4) is 5.75 Å². The highest BCUT2D eigenvalue weighted by Crippen LogP contribution is 2.47. The van der Waals surface area contributed by atoms with Crippen molar-refractivity contribution in [2.45, 2.75) is 43.6 Å². The van der Waals surface area contributed by atoms with Gasteiger partial charge < -0.3 is 25.2 Å². The average Bonchev–Trinajstić information content (AvgIpc) is 3.25. The number of carbonyl (C=O) groups is 2. The Bertz CT molecular complexity index is 1260. The Hall–Kier alpha value is -3.82. The van der Waals surface area contributed by atoms with Crippen molar-refractivity contribution >= 4 is 17.5 Å². The minimum absolute atomic E-state index is 0.0990. The number of aromatic nitrogens is 1. The van der Waals surface area contributed by atoms with Gasteiger partial charge in [-0.2, -0.15) is 0 Å². The number of pyridine rings is 1. The van der Waals surface area contributed by atoms with Crippen molar-refractivity contribution in [2.75, 3.05) is 11.9 Å². The summed E-state index contributed by atoms with van der Waals surface area (Å²) in [6.45, 7) is -0.0358. The van der Waals surface area contributed by atoms with Crippen LogP contribution in [0.3, 0.4) is 0 Å². The topological polar surface area (TPSA) is 110 Å². The second-order valence-corrected chi connectivity index (χ2v) is 8.96. The molecule has 1 fully saturated rings. The van der Waals surface area contributed by atoms with Gasteiger partial charge in [-0.15, -0.1) is 0 Å². The van der Waals surface area contributed by atoms with Crippen molar-refractivity contribution in [3.63, 3.8) is 0 Å². The first-order chi connectivity index (χ1) is 17.5. The zero-order valence-electron chi connectivity index (χ0n) is 19.4. The molecule has 8 nitrogen and oxygen atoms in total. The number of aliphatic hydroxyl groups excluding tert-OH is 1. The molecule has 3 N–H and O–H groups in total. The molecule has 2 aliphatic heterocycles. The molecule has 1 aromatic heterocycles. The van der Waals surface area contributed by atoms with Crippen LogP contribution in [0.4, 0.5) is 10.1 Å². The van der Waals surface area contributed by atoms with Gasteiger partial charge in [0, 0.05) is 36.1 Å². The summed E-state index contributed by atoms with van der Waals surface area (Å²) >= 11 is 0. The molecule has 0 aliphatic carbocycles. The summed E-state index contributed by atoms with van der Waals surface area (Å²) in [7, 11) is 0. The van der Waals surface area contributed by atoms with Gasteiger partial charge in [-0.1, -0.05) is 12.1 Å². The Morgan fingerprint density at radius 2 is 2.03 bits per heavy atom. The number of nitrogens with one attached hydrogen (secondary N) is 2. The second-order valence-electron chi connectivity index (χ2n) is 8.96. The molecule has 2 aromatic carbocycles. The van der Waals surface area contributed by atoms with Crippen molar-refractivity contribution in [1.82, 2.24) is 10.3 Å². The highest BCUT2D eigenvalue weighted by Gasteiger charge is 2.46. The van der Waals surface area contributed by atoms with E-state index >= 15 is 0 Å². The quantitative estimate of drug-likeness (QED) is 0.468. The molecule has 2 amide bonds. The number of anilines is 1. The number of benzene rings is 2. The van der Waals surface area contributed by atoms with Gasteiger partial charge >= 0.3 is 0 Å². The molecule has 0 saturated carbocycles. The van der Waals surface area contributed by atoms with Crippen LogP contribution in [0.5, 0.6) is 5.75 Å². The summed E-state index contributed by atoms with van der Waals surface area (Å²) in [4.78, 5) is 29.1. The lowest BCUT2D eigenvalue weighted by Gasteiger charge is -2.37. The predicted molar refractivity (Wildman–Crippen MR) is 129 cm³/mol. The van der Waals surface area contributed by atoms with Crippen molar-refractivity contribution in [3.05, 3.63) is 89.5 Å². The largest absolute Gasteiger partial charge is 0.487 e. The van der Waals surface area contributed by atoms with Crippen molar-refractivity contribution < 1.29 is 28.6 Å². The first kappa shape index (κ1) is 23.9. The second kappa shape index (κ2) is 10.4. The van der Waals surface area contributed by atoms with Crippen molar-refractivity contribution in [1.29, 1.82) is 0 Å². The number of aliphatic hydroxyl groups is 1. The summed E-state index contributed by atoms with van der Waals surface area (Å²) in [5, 5.41) is 15.6. The summed E-state index contributed by atoms with van der Waals surface area (Å²) in [5.41, 5.74) is 2.63. The third-order valence-electron chi connectivity index (χ3n) is 6.47. The molecule has 0 unspecified atom stereocenters. The Labute approximate surface area is 207 Å². The summed E-state index contributed by atoms with van der Waals surface area (Å²) in [5.74, 6) is -0.294. The Kier molecular flexibility index (Phi) is 6.92. The van der Waals surface area contributed by atoms with E-state index in [1.165, 1.54) is 18.3 Å². The first-order valence-electron chi connectivity index (χ1n) is 11.8. The van der Waals surface area contributed by atoms with E-state index in [9.17, 15) is 19.1 Å². The summed E-state index contributed by atoms with van der Waals surface area (Å²) < 4.78 is 25.5. The predicted octanol–water partition coefficient (Wildman–Crippen LogP) is 3.17. The van der Waals surface area contributed by atoms with E-state index in [1.807, 2.05) is 6.07 Å². The number of amides is 2. The van der Waals surface area contributed by atoms with Crippen LogP contribution >= 0.6 is 0 Å². The third kappa shape index (κ3) is 5.22. The molecule has 0 radical (unpaired) electrons. The number of hydrogen-bond acceptors (Lipinski definition) is 6. The molecule has 1 saturated heterocycles. The van der Waals surface area contributed by atoms with Crippen LogP contribution in [0.15, 0.2) is 67.0 Å². The first-order valence-corrected chi connectivity index (χ1v) is 11.8. The van der Waals surface area contributed by atoms with Crippen LogP contribution in [0.25, 0.3) is 0 Å². The number of ether oxygens (including phenoxy) is 2. The number of hydrogen-bond donors (Lipinski definition) is 3. The molecular formula is C27H26FN3O5. The average molecular weight is 492 g/mol. The zero-order valence-corrected chi connectivity index (χ0v) is 19.4. The standard InChI is InChI=1S/C27H26FN3O5/c28-18-5-1-3-16(9-18)13-30-25(33)12-20-11-22-21-10-19(31-27(34)17-4-2-8-29-14-17)6-7-23(21)36-26(22)24(15-32)35-20/h1-10,14,20,22,24,26,32H,11-13,15H2,(H,30,33)(H,31,34)/t20-,22+,24+,26-/m1/s1. The molecule has 2 aliphatic rings. The number of nitrogens with zero attached hydrogens (tertiary/aromatic N) is 1. The highest BCUT2D eigenvalue weighted by molar-refractivity contribution is 6.04. The molecule has 4 atom stereocenters. The molecule has 3 heterocycles. The maximum Gasteiger partial charge on any atom is 0.257 e. The minimum atomic E-state index is -0.592. The van der Waals surface area contributed by atoms with Crippen LogP contribution in [0.1, 0.15) is 40.2 Å². The van der Waals surface area contributed by atoms with Crippen LogP contribution < -0.4 is 15.4 Å². The molecule has 186 valence electrons. The van der Waals surface area contributed by atoms with E-state index in [1.54, 1.807) is 42.6 Å². The number of carbonyl (C=O) groups excluding carboxylic acids is 2. The van der Waals surface area contributed by atoms with E-state index in [4.69, 9.17) is 9.47 Å². The number of fused-ring (bicyclic) bond motifs is 3. The van der Waals surface area contributed by atoms with Crippen LogP contribution in [-0.2, 0) is 16.1 Å². The van der Waals surface area contributed by atoms with Crippen molar-refractivity contribution in [2.24, 2.45) is 0 Å². The minimum Gasteiger partial charge on any atom is -0.487 e. The lowest BCUT2D eigenvalue weighted by atomic mass is 9.84. The molecule has 0 bridgehead atoms. The molecule has 0 spiro atoms. The van der Waals surface area contributed by atoms with Crippen LogP contribution in [0.2, 0.25) is 0 Å².